The summed E-state index contributed by atoms with van der Waals surface area (Å²) < 4.78 is 5.19. The highest BCUT2D eigenvalue weighted by atomic mass is 16.5. The minimum absolute atomic E-state index is 0.168. The van der Waals surface area contributed by atoms with Crippen LogP contribution in [0.2, 0.25) is 0 Å². The first-order chi connectivity index (χ1) is 9.08. The van der Waals surface area contributed by atoms with E-state index in [1.807, 2.05) is 18.9 Å². The molecule has 4 heteroatoms. The first-order valence-corrected chi connectivity index (χ1v) is 7.60. The van der Waals surface area contributed by atoms with Crippen LogP contribution in [0, 0.1) is 0 Å². The van der Waals surface area contributed by atoms with E-state index in [1.54, 1.807) is 7.11 Å². The summed E-state index contributed by atoms with van der Waals surface area (Å²) in [5.41, 5.74) is 0. The van der Waals surface area contributed by atoms with Gasteiger partial charge in [0.15, 0.2) is 0 Å². The molecule has 112 valence electrons. The number of ether oxygens (including phenoxy) is 1. The van der Waals surface area contributed by atoms with Gasteiger partial charge < -0.3 is 15.0 Å². The standard InChI is InChI=1S/C15H30N2O2/c1-5-16-13-7-9-14(10-8-13)17(3)15(18)11-6-12(2)19-4/h12-14,16H,5-11H2,1-4H3. The van der Waals surface area contributed by atoms with Crippen LogP contribution in [0.1, 0.15) is 52.4 Å². The van der Waals surface area contributed by atoms with E-state index < -0.39 is 0 Å². The Morgan fingerprint density at radius 2 is 2.00 bits per heavy atom. The van der Waals surface area contributed by atoms with E-state index in [4.69, 9.17) is 4.74 Å². The van der Waals surface area contributed by atoms with Crippen LogP contribution in [0.25, 0.3) is 0 Å². The molecule has 0 heterocycles. The molecular weight excluding hydrogens is 240 g/mol. The second kappa shape index (κ2) is 8.54. The number of nitrogens with zero attached hydrogens (tertiary/aromatic N) is 1. The Balaban J connectivity index is 2.29. The van der Waals surface area contributed by atoms with Gasteiger partial charge in [0, 0.05) is 32.7 Å². The number of carbonyl (C=O) groups is 1. The molecule has 0 aromatic carbocycles. The van der Waals surface area contributed by atoms with Crippen molar-refractivity contribution in [1.82, 2.24) is 10.2 Å². The maximum atomic E-state index is 12.1. The second-order valence-electron chi connectivity index (χ2n) is 5.65. The van der Waals surface area contributed by atoms with E-state index in [2.05, 4.69) is 12.2 Å². The Hall–Kier alpha value is -0.610. The third-order valence-corrected chi connectivity index (χ3v) is 4.30. The molecule has 0 saturated heterocycles. The van der Waals surface area contributed by atoms with Crippen molar-refractivity contribution in [2.24, 2.45) is 0 Å². The van der Waals surface area contributed by atoms with E-state index in [9.17, 15) is 4.79 Å². The molecule has 1 rings (SSSR count). The fraction of sp³-hybridized carbons (Fsp3) is 0.933. The molecule has 4 nitrogen and oxygen atoms in total. The number of hydrogen-bond acceptors (Lipinski definition) is 3. The predicted octanol–water partition coefficient (Wildman–Crippen LogP) is 2.18. The number of amides is 1. The molecule has 0 bridgehead atoms. The van der Waals surface area contributed by atoms with Crippen LogP contribution in [0.5, 0.6) is 0 Å². The Morgan fingerprint density at radius 1 is 1.37 bits per heavy atom. The normalized spacial score (nSPS) is 25.1. The molecule has 1 fully saturated rings. The molecule has 19 heavy (non-hydrogen) atoms. The molecule has 0 aromatic rings. The quantitative estimate of drug-likeness (QED) is 0.771. The zero-order valence-corrected chi connectivity index (χ0v) is 12.9. The predicted molar refractivity (Wildman–Crippen MR) is 78.2 cm³/mol. The smallest absolute Gasteiger partial charge is 0.222 e. The lowest BCUT2D eigenvalue weighted by Crippen LogP contribution is -2.43. The minimum atomic E-state index is 0.168. The lowest BCUT2D eigenvalue weighted by Gasteiger charge is -2.35. The molecule has 1 saturated carbocycles. The average Bonchev–Trinajstić information content (AvgIpc) is 2.44. The monoisotopic (exact) mass is 270 g/mol. The van der Waals surface area contributed by atoms with Crippen molar-refractivity contribution in [3.63, 3.8) is 0 Å². The largest absolute Gasteiger partial charge is 0.382 e. The van der Waals surface area contributed by atoms with Crippen LogP contribution in [0.3, 0.4) is 0 Å². The van der Waals surface area contributed by atoms with Crippen molar-refractivity contribution in [3.8, 4) is 0 Å². The van der Waals surface area contributed by atoms with E-state index >= 15 is 0 Å². The molecule has 1 atom stereocenters. The van der Waals surface area contributed by atoms with Crippen LogP contribution < -0.4 is 5.32 Å². The van der Waals surface area contributed by atoms with Crippen LogP contribution >= 0.6 is 0 Å². The molecule has 0 spiro atoms. The molecule has 0 aliphatic heterocycles. The summed E-state index contributed by atoms with van der Waals surface area (Å²) in [6, 6.07) is 1.08. The Bertz CT molecular complexity index is 263. The maximum absolute atomic E-state index is 12.1. The molecule has 0 radical (unpaired) electrons. The highest BCUT2D eigenvalue weighted by Crippen LogP contribution is 2.23. The lowest BCUT2D eigenvalue weighted by molar-refractivity contribution is -0.133. The van der Waals surface area contributed by atoms with Gasteiger partial charge in [0.1, 0.15) is 0 Å². The lowest BCUT2D eigenvalue weighted by atomic mass is 9.90. The van der Waals surface area contributed by atoms with E-state index in [-0.39, 0.29) is 12.0 Å². The topological polar surface area (TPSA) is 41.6 Å². The second-order valence-corrected chi connectivity index (χ2v) is 5.65. The van der Waals surface area contributed by atoms with E-state index in [0.29, 0.717) is 18.5 Å². The van der Waals surface area contributed by atoms with E-state index in [0.717, 1.165) is 25.8 Å². The van der Waals surface area contributed by atoms with Gasteiger partial charge in [-0.3, -0.25) is 4.79 Å². The van der Waals surface area contributed by atoms with Crippen molar-refractivity contribution in [1.29, 1.82) is 0 Å². The first-order valence-electron chi connectivity index (χ1n) is 7.60. The number of methoxy groups -OCH3 is 1. The summed E-state index contributed by atoms with van der Waals surface area (Å²) in [6.45, 7) is 5.20. The Labute approximate surface area is 117 Å². The van der Waals surface area contributed by atoms with Gasteiger partial charge in [0.05, 0.1) is 6.10 Å². The Morgan fingerprint density at radius 3 is 2.53 bits per heavy atom. The maximum Gasteiger partial charge on any atom is 0.222 e. The number of carbonyl (C=O) groups excluding carboxylic acids is 1. The third kappa shape index (κ3) is 5.49. The number of nitrogens with one attached hydrogen (secondary N) is 1. The van der Waals surface area contributed by atoms with Gasteiger partial charge in [-0.25, -0.2) is 0 Å². The highest BCUT2D eigenvalue weighted by molar-refractivity contribution is 5.76. The van der Waals surface area contributed by atoms with Crippen LogP contribution in [0.4, 0.5) is 0 Å². The zero-order valence-electron chi connectivity index (χ0n) is 12.9. The number of rotatable bonds is 7. The van der Waals surface area contributed by atoms with Crippen molar-refractivity contribution in [2.45, 2.75) is 70.6 Å². The summed E-state index contributed by atoms with van der Waals surface area (Å²) in [4.78, 5) is 14.1. The van der Waals surface area contributed by atoms with Crippen LogP contribution in [-0.2, 0) is 9.53 Å². The summed E-state index contributed by atoms with van der Waals surface area (Å²) in [5.74, 6) is 0.260. The molecule has 1 unspecified atom stereocenters. The molecular formula is C15H30N2O2. The van der Waals surface area contributed by atoms with E-state index in [1.165, 1.54) is 12.8 Å². The van der Waals surface area contributed by atoms with Gasteiger partial charge in [0.25, 0.3) is 0 Å². The summed E-state index contributed by atoms with van der Waals surface area (Å²) in [5, 5.41) is 3.50. The Kier molecular flexibility index (Phi) is 7.39. The zero-order chi connectivity index (χ0) is 14.3. The van der Waals surface area contributed by atoms with Gasteiger partial charge in [-0.15, -0.1) is 0 Å². The first kappa shape index (κ1) is 16.4. The van der Waals surface area contributed by atoms with Gasteiger partial charge in [-0.05, 0) is 45.6 Å². The third-order valence-electron chi connectivity index (χ3n) is 4.30. The van der Waals surface area contributed by atoms with Crippen molar-refractivity contribution < 1.29 is 9.53 Å². The summed E-state index contributed by atoms with van der Waals surface area (Å²) in [7, 11) is 3.65. The summed E-state index contributed by atoms with van der Waals surface area (Å²) >= 11 is 0. The minimum Gasteiger partial charge on any atom is -0.382 e. The number of hydrogen-bond donors (Lipinski definition) is 1. The molecule has 0 aromatic heterocycles. The highest BCUT2D eigenvalue weighted by Gasteiger charge is 2.25. The fourth-order valence-electron chi connectivity index (χ4n) is 2.78. The SMILES string of the molecule is CCNC1CCC(N(C)C(=O)CCC(C)OC)CC1. The molecule has 1 aliphatic carbocycles. The fourth-order valence-corrected chi connectivity index (χ4v) is 2.78. The van der Waals surface area contributed by atoms with Gasteiger partial charge in [-0.2, -0.15) is 0 Å². The van der Waals surface area contributed by atoms with Gasteiger partial charge in [-0.1, -0.05) is 6.92 Å². The van der Waals surface area contributed by atoms with Gasteiger partial charge >= 0.3 is 0 Å². The summed E-state index contributed by atoms with van der Waals surface area (Å²) in [6.07, 6.45) is 6.20. The van der Waals surface area contributed by atoms with Crippen molar-refractivity contribution >= 4 is 5.91 Å². The van der Waals surface area contributed by atoms with Crippen LogP contribution in [0.15, 0.2) is 0 Å². The molecule has 1 N–H and O–H groups in total. The van der Waals surface area contributed by atoms with Crippen molar-refractivity contribution in [2.75, 3.05) is 20.7 Å². The van der Waals surface area contributed by atoms with Crippen LogP contribution in [-0.4, -0.2) is 49.7 Å². The molecule has 1 aliphatic rings. The average molecular weight is 270 g/mol. The van der Waals surface area contributed by atoms with Gasteiger partial charge in [0.2, 0.25) is 5.91 Å². The van der Waals surface area contributed by atoms with Crippen molar-refractivity contribution in [3.05, 3.63) is 0 Å². The molecule has 1 amide bonds.